The standard InChI is InChI=1S/C22H22ClN5O3/c23-19-7-2-1-5-16(19)14-28-21(30)18(13-25-22(28)31)20(29)27-11-9-26(10-12-27)15-17-6-3-4-8-24-17/h1-8,13H,9-12,14-15H2,(H,25,31). The van der Waals surface area contributed by atoms with E-state index in [0.717, 1.165) is 10.3 Å². The Bertz CT molecular complexity index is 1180. The van der Waals surface area contributed by atoms with Crippen LogP contribution in [0.5, 0.6) is 0 Å². The molecule has 31 heavy (non-hydrogen) atoms. The lowest BCUT2D eigenvalue weighted by Gasteiger charge is -2.34. The van der Waals surface area contributed by atoms with E-state index in [-0.39, 0.29) is 18.0 Å². The molecule has 0 bridgehead atoms. The van der Waals surface area contributed by atoms with Crippen LogP contribution in [0.2, 0.25) is 5.02 Å². The minimum atomic E-state index is -0.621. The monoisotopic (exact) mass is 439 g/mol. The van der Waals surface area contributed by atoms with E-state index in [1.54, 1.807) is 35.4 Å². The first kappa shape index (κ1) is 21.0. The molecular weight excluding hydrogens is 418 g/mol. The summed E-state index contributed by atoms with van der Waals surface area (Å²) in [6.07, 6.45) is 2.97. The Morgan fingerprint density at radius 1 is 1.00 bits per heavy atom. The molecule has 0 unspecified atom stereocenters. The Labute approximate surface area is 183 Å². The number of halogens is 1. The Kier molecular flexibility index (Phi) is 6.29. The Hall–Kier alpha value is -3.23. The fourth-order valence-corrected chi connectivity index (χ4v) is 3.80. The SMILES string of the molecule is O=C(c1c[nH]c(=O)n(Cc2ccccc2Cl)c1=O)N1CCN(Cc2ccccn2)CC1. The number of hydrogen-bond donors (Lipinski definition) is 1. The predicted molar refractivity (Wildman–Crippen MR) is 117 cm³/mol. The zero-order valence-electron chi connectivity index (χ0n) is 16.8. The van der Waals surface area contributed by atoms with Gasteiger partial charge in [-0.2, -0.15) is 0 Å². The van der Waals surface area contributed by atoms with Gasteiger partial charge < -0.3 is 9.88 Å². The molecular formula is C22H22ClN5O3. The van der Waals surface area contributed by atoms with Gasteiger partial charge in [0.25, 0.3) is 11.5 Å². The van der Waals surface area contributed by atoms with Gasteiger partial charge >= 0.3 is 5.69 Å². The van der Waals surface area contributed by atoms with Crippen molar-refractivity contribution in [2.75, 3.05) is 26.2 Å². The molecule has 3 aromatic rings. The first-order valence-electron chi connectivity index (χ1n) is 10.0. The van der Waals surface area contributed by atoms with E-state index in [1.165, 1.54) is 6.20 Å². The van der Waals surface area contributed by atoms with E-state index in [9.17, 15) is 14.4 Å². The van der Waals surface area contributed by atoms with Gasteiger partial charge in [0, 0.05) is 50.1 Å². The van der Waals surface area contributed by atoms with Gasteiger partial charge in [-0.3, -0.25) is 24.0 Å². The van der Waals surface area contributed by atoms with Crippen LogP contribution in [0.3, 0.4) is 0 Å². The highest BCUT2D eigenvalue weighted by Crippen LogP contribution is 2.15. The van der Waals surface area contributed by atoms with Crippen molar-refractivity contribution in [1.82, 2.24) is 24.3 Å². The van der Waals surface area contributed by atoms with Crippen molar-refractivity contribution in [3.63, 3.8) is 0 Å². The van der Waals surface area contributed by atoms with Crippen LogP contribution in [-0.2, 0) is 13.1 Å². The minimum absolute atomic E-state index is 0.00713. The summed E-state index contributed by atoms with van der Waals surface area (Å²) in [7, 11) is 0. The van der Waals surface area contributed by atoms with Crippen LogP contribution < -0.4 is 11.2 Å². The number of nitrogens with one attached hydrogen (secondary N) is 1. The highest BCUT2D eigenvalue weighted by Gasteiger charge is 2.25. The molecule has 1 aliphatic rings. The number of rotatable bonds is 5. The highest BCUT2D eigenvalue weighted by molar-refractivity contribution is 6.31. The molecule has 1 N–H and O–H groups in total. The summed E-state index contributed by atoms with van der Waals surface area (Å²) in [6, 6.07) is 12.8. The molecule has 1 fully saturated rings. The van der Waals surface area contributed by atoms with Gasteiger partial charge in [-0.25, -0.2) is 4.79 Å². The summed E-state index contributed by atoms with van der Waals surface area (Å²) in [5.74, 6) is -0.383. The van der Waals surface area contributed by atoms with Crippen LogP contribution in [-0.4, -0.2) is 56.4 Å². The second-order valence-corrected chi connectivity index (χ2v) is 7.79. The van der Waals surface area contributed by atoms with Crippen molar-refractivity contribution in [2.24, 2.45) is 0 Å². The van der Waals surface area contributed by atoms with Gasteiger partial charge in [-0.05, 0) is 23.8 Å². The summed E-state index contributed by atoms with van der Waals surface area (Å²) in [5, 5.41) is 0.453. The van der Waals surface area contributed by atoms with Crippen molar-refractivity contribution >= 4 is 17.5 Å². The van der Waals surface area contributed by atoms with Gasteiger partial charge in [0.2, 0.25) is 0 Å². The van der Waals surface area contributed by atoms with Crippen LogP contribution >= 0.6 is 11.6 Å². The lowest BCUT2D eigenvalue weighted by Crippen LogP contribution is -2.50. The average molecular weight is 440 g/mol. The van der Waals surface area contributed by atoms with Crippen molar-refractivity contribution < 1.29 is 4.79 Å². The van der Waals surface area contributed by atoms with Gasteiger partial charge in [0.15, 0.2) is 0 Å². The molecule has 0 spiro atoms. The van der Waals surface area contributed by atoms with Crippen molar-refractivity contribution in [3.05, 3.63) is 97.5 Å². The van der Waals surface area contributed by atoms with Crippen LogP contribution in [0, 0.1) is 0 Å². The normalized spacial score (nSPS) is 14.5. The number of carbonyl (C=O) groups excluding carboxylic acids is 1. The Morgan fingerprint density at radius 2 is 1.74 bits per heavy atom. The van der Waals surface area contributed by atoms with Crippen LogP contribution in [0.25, 0.3) is 0 Å². The molecule has 1 saturated heterocycles. The molecule has 9 heteroatoms. The van der Waals surface area contributed by atoms with Gasteiger partial charge in [0.05, 0.1) is 12.2 Å². The average Bonchev–Trinajstić information content (AvgIpc) is 2.79. The molecule has 2 aromatic heterocycles. The van der Waals surface area contributed by atoms with Gasteiger partial charge in [0.1, 0.15) is 5.56 Å². The molecule has 0 aliphatic carbocycles. The fraction of sp³-hybridized carbons (Fsp3) is 0.273. The summed E-state index contributed by atoms with van der Waals surface area (Å²) in [6.45, 7) is 3.06. The molecule has 1 aliphatic heterocycles. The van der Waals surface area contributed by atoms with E-state index in [0.29, 0.717) is 43.3 Å². The van der Waals surface area contributed by atoms with Crippen LogP contribution in [0.1, 0.15) is 21.6 Å². The second kappa shape index (κ2) is 9.28. The topological polar surface area (TPSA) is 91.3 Å². The highest BCUT2D eigenvalue weighted by atomic mass is 35.5. The molecule has 3 heterocycles. The molecule has 4 rings (SSSR count). The number of aromatic amines is 1. The van der Waals surface area contributed by atoms with E-state index in [1.807, 2.05) is 18.2 Å². The lowest BCUT2D eigenvalue weighted by molar-refractivity contribution is 0.0624. The summed E-state index contributed by atoms with van der Waals surface area (Å²) >= 11 is 6.16. The number of H-pyrrole nitrogens is 1. The molecule has 0 radical (unpaired) electrons. The van der Waals surface area contributed by atoms with E-state index in [4.69, 9.17) is 11.6 Å². The third-order valence-corrected chi connectivity index (χ3v) is 5.72. The minimum Gasteiger partial charge on any atom is -0.336 e. The maximum Gasteiger partial charge on any atom is 0.328 e. The molecule has 8 nitrogen and oxygen atoms in total. The summed E-state index contributed by atoms with van der Waals surface area (Å²) in [5.41, 5.74) is 0.353. The Morgan fingerprint density at radius 3 is 2.45 bits per heavy atom. The molecule has 0 atom stereocenters. The van der Waals surface area contributed by atoms with E-state index in [2.05, 4.69) is 14.9 Å². The molecule has 160 valence electrons. The number of carbonyl (C=O) groups is 1. The predicted octanol–water partition coefficient (Wildman–Crippen LogP) is 1.59. The third kappa shape index (κ3) is 4.76. The van der Waals surface area contributed by atoms with E-state index < -0.39 is 11.2 Å². The van der Waals surface area contributed by atoms with Crippen molar-refractivity contribution in [1.29, 1.82) is 0 Å². The zero-order valence-corrected chi connectivity index (χ0v) is 17.6. The van der Waals surface area contributed by atoms with Crippen LogP contribution in [0.4, 0.5) is 0 Å². The van der Waals surface area contributed by atoms with Crippen molar-refractivity contribution in [3.8, 4) is 0 Å². The number of amides is 1. The van der Waals surface area contributed by atoms with E-state index >= 15 is 0 Å². The van der Waals surface area contributed by atoms with Gasteiger partial charge in [-0.15, -0.1) is 0 Å². The first-order chi connectivity index (χ1) is 15.0. The Balaban J connectivity index is 1.47. The maximum atomic E-state index is 13.0. The van der Waals surface area contributed by atoms with Crippen molar-refractivity contribution in [2.45, 2.75) is 13.1 Å². The summed E-state index contributed by atoms with van der Waals surface area (Å²) < 4.78 is 1.01. The number of piperazine rings is 1. The number of benzene rings is 1. The quantitative estimate of drug-likeness (QED) is 0.652. The number of aromatic nitrogens is 3. The van der Waals surface area contributed by atoms with Crippen LogP contribution in [0.15, 0.2) is 64.4 Å². The maximum absolute atomic E-state index is 13.0. The third-order valence-electron chi connectivity index (χ3n) is 5.35. The second-order valence-electron chi connectivity index (χ2n) is 7.38. The van der Waals surface area contributed by atoms with Gasteiger partial charge in [-0.1, -0.05) is 35.9 Å². The lowest BCUT2D eigenvalue weighted by atomic mass is 10.2. The molecule has 1 amide bonds. The first-order valence-corrected chi connectivity index (χ1v) is 10.4. The summed E-state index contributed by atoms with van der Waals surface area (Å²) in [4.78, 5) is 48.9. The number of nitrogens with zero attached hydrogens (tertiary/aromatic N) is 4. The zero-order chi connectivity index (χ0) is 21.8. The largest absolute Gasteiger partial charge is 0.336 e. The number of pyridine rings is 1. The fourth-order valence-electron chi connectivity index (χ4n) is 3.61. The molecule has 0 saturated carbocycles. The smallest absolute Gasteiger partial charge is 0.328 e. The molecule has 1 aromatic carbocycles. The number of hydrogen-bond acceptors (Lipinski definition) is 5.